The van der Waals surface area contributed by atoms with E-state index in [1.807, 2.05) is 12.1 Å². The van der Waals surface area contributed by atoms with Crippen LogP contribution in [-0.2, 0) is 12.6 Å². The Bertz CT molecular complexity index is 516. The molecule has 0 amide bonds. The van der Waals surface area contributed by atoms with E-state index in [-0.39, 0.29) is 0 Å². The smallest absolute Gasteiger partial charge is 0.330 e. The number of hydrogen-bond donors (Lipinski definition) is 1. The van der Waals surface area contributed by atoms with E-state index in [1.54, 1.807) is 6.07 Å². The lowest BCUT2D eigenvalue weighted by molar-refractivity contribution is -0.134. The van der Waals surface area contributed by atoms with Crippen LogP contribution in [0.3, 0.4) is 0 Å². The molecule has 0 spiro atoms. The Balaban J connectivity index is 2.34. The van der Waals surface area contributed by atoms with Crippen LogP contribution in [0, 0.1) is 0 Å². The van der Waals surface area contributed by atoms with Crippen molar-refractivity contribution in [3.05, 3.63) is 34.7 Å². The predicted molar refractivity (Wildman–Crippen MR) is 64.2 cm³/mol. The quantitative estimate of drug-likeness (QED) is 0.891. The third-order valence-electron chi connectivity index (χ3n) is 2.53. The molecule has 0 bridgehead atoms. The SMILES string of the molecule is NCCCc1ccc2cc(C(F)(F)F)sc2c1. The summed E-state index contributed by atoms with van der Waals surface area (Å²) in [5, 5.41) is 0.652. The zero-order chi connectivity index (χ0) is 12.5. The number of hydrogen-bond acceptors (Lipinski definition) is 2. The normalized spacial score (nSPS) is 12.2. The number of fused-ring (bicyclic) bond motifs is 1. The Morgan fingerprint density at radius 2 is 1.94 bits per heavy atom. The number of thiophene rings is 1. The fourth-order valence-corrected chi connectivity index (χ4v) is 2.67. The van der Waals surface area contributed by atoms with E-state index in [0.717, 1.165) is 29.7 Å². The minimum absolute atomic E-state index is 0.538. The molecular weight excluding hydrogens is 247 g/mol. The van der Waals surface area contributed by atoms with Crippen LogP contribution in [0.5, 0.6) is 0 Å². The van der Waals surface area contributed by atoms with Gasteiger partial charge in [0.1, 0.15) is 4.88 Å². The molecule has 0 aliphatic heterocycles. The highest BCUT2D eigenvalue weighted by Crippen LogP contribution is 2.38. The molecule has 1 nitrogen and oxygen atoms in total. The molecule has 2 aromatic rings. The molecule has 1 heterocycles. The Labute approximate surface area is 101 Å². The summed E-state index contributed by atoms with van der Waals surface area (Å²) in [6, 6.07) is 6.63. The van der Waals surface area contributed by atoms with Gasteiger partial charge in [0, 0.05) is 4.70 Å². The zero-order valence-electron chi connectivity index (χ0n) is 9.05. The van der Waals surface area contributed by atoms with Crippen molar-refractivity contribution in [3.63, 3.8) is 0 Å². The molecule has 0 radical (unpaired) electrons. The molecule has 5 heteroatoms. The average Bonchev–Trinajstić information content (AvgIpc) is 2.68. The van der Waals surface area contributed by atoms with Gasteiger partial charge in [0.25, 0.3) is 0 Å². The summed E-state index contributed by atoms with van der Waals surface area (Å²) in [4.78, 5) is -0.538. The second kappa shape index (κ2) is 4.66. The zero-order valence-corrected chi connectivity index (χ0v) is 9.87. The van der Waals surface area contributed by atoms with E-state index in [0.29, 0.717) is 16.6 Å². The third kappa shape index (κ3) is 2.79. The van der Waals surface area contributed by atoms with Crippen molar-refractivity contribution >= 4 is 21.4 Å². The highest BCUT2D eigenvalue weighted by molar-refractivity contribution is 7.19. The molecule has 1 aromatic carbocycles. The second-order valence-corrected chi connectivity index (χ2v) is 4.96. The van der Waals surface area contributed by atoms with E-state index < -0.39 is 11.1 Å². The molecule has 0 saturated heterocycles. The van der Waals surface area contributed by atoms with Gasteiger partial charge in [0.2, 0.25) is 0 Å². The van der Waals surface area contributed by atoms with Gasteiger partial charge >= 0.3 is 6.18 Å². The highest BCUT2D eigenvalue weighted by atomic mass is 32.1. The predicted octanol–water partition coefficient (Wildman–Crippen LogP) is 3.81. The average molecular weight is 259 g/mol. The van der Waals surface area contributed by atoms with Crippen LogP contribution in [0.4, 0.5) is 13.2 Å². The molecule has 1 aromatic heterocycles. The van der Waals surface area contributed by atoms with Crippen molar-refractivity contribution in [2.24, 2.45) is 5.73 Å². The largest absolute Gasteiger partial charge is 0.425 e. The first-order chi connectivity index (χ1) is 8.00. The van der Waals surface area contributed by atoms with E-state index in [9.17, 15) is 13.2 Å². The lowest BCUT2D eigenvalue weighted by atomic mass is 10.1. The summed E-state index contributed by atoms with van der Waals surface area (Å²) in [5.41, 5.74) is 6.44. The van der Waals surface area contributed by atoms with E-state index in [1.165, 1.54) is 6.07 Å². The maximum atomic E-state index is 12.5. The van der Waals surface area contributed by atoms with Crippen molar-refractivity contribution in [2.45, 2.75) is 19.0 Å². The molecule has 0 atom stereocenters. The van der Waals surface area contributed by atoms with Gasteiger partial charge in [-0.05, 0) is 42.5 Å². The Morgan fingerprint density at radius 3 is 2.59 bits per heavy atom. The first-order valence-corrected chi connectivity index (χ1v) is 6.12. The molecule has 0 saturated carbocycles. The van der Waals surface area contributed by atoms with Gasteiger partial charge in [-0.25, -0.2) is 0 Å². The highest BCUT2D eigenvalue weighted by Gasteiger charge is 2.32. The number of halogens is 3. The van der Waals surface area contributed by atoms with Crippen molar-refractivity contribution in [2.75, 3.05) is 6.54 Å². The first-order valence-electron chi connectivity index (χ1n) is 5.30. The summed E-state index contributed by atoms with van der Waals surface area (Å²) in [5.74, 6) is 0. The fraction of sp³-hybridized carbons (Fsp3) is 0.333. The van der Waals surface area contributed by atoms with Crippen LogP contribution in [0.2, 0.25) is 0 Å². The Hall–Kier alpha value is -1.07. The summed E-state index contributed by atoms with van der Waals surface area (Å²) >= 11 is 0.796. The lowest BCUT2D eigenvalue weighted by Gasteiger charge is -2.00. The summed E-state index contributed by atoms with van der Waals surface area (Å²) < 4.78 is 38.3. The van der Waals surface area contributed by atoms with Crippen molar-refractivity contribution in [3.8, 4) is 0 Å². The first kappa shape index (κ1) is 12.4. The summed E-state index contributed by atoms with van der Waals surface area (Å²) in [7, 11) is 0. The van der Waals surface area contributed by atoms with Gasteiger partial charge in [-0.3, -0.25) is 0 Å². The van der Waals surface area contributed by atoms with E-state index in [2.05, 4.69) is 0 Å². The molecular formula is C12H12F3NS. The van der Waals surface area contributed by atoms with Gasteiger partial charge in [0.05, 0.1) is 0 Å². The van der Waals surface area contributed by atoms with Gasteiger partial charge in [0.15, 0.2) is 0 Å². The van der Waals surface area contributed by atoms with Crippen LogP contribution in [0.25, 0.3) is 10.1 Å². The van der Waals surface area contributed by atoms with Gasteiger partial charge in [-0.2, -0.15) is 13.2 Å². The van der Waals surface area contributed by atoms with Gasteiger partial charge in [-0.1, -0.05) is 12.1 Å². The molecule has 17 heavy (non-hydrogen) atoms. The number of benzene rings is 1. The van der Waals surface area contributed by atoms with Crippen LogP contribution < -0.4 is 5.73 Å². The summed E-state index contributed by atoms with van der Waals surface area (Å²) in [6.07, 6.45) is -2.59. The molecule has 0 aliphatic rings. The lowest BCUT2D eigenvalue weighted by Crippen LogP contribution is -2.00. The Kier molecular flexibility index (Phi) is 3.40. The third-order valence-corrected chi connectivity index (χ3v) is 3.68. The molecule has 0 aliphatic carbocycles. The standard InChI is InChI=1S/C12H12F3NS/c13-12(14,15)11-7-9-4-3-8(2-1-5-16)6-10(9)17-11/h3-4,6-7H,1-2,5,16H2. The topological polar surface area (TPSA) is 26.0 Å². The second-order valence-electron chi connectivity index (χ2n) is 3.87. The number of alkyl halides is 3. The fourth-order valence-electron chi connectivity index (χ4n) is 1.68. The number of nitrogens with two attached hydrogens (primary N) is 1. The molecule has 92 valence electrons. The molecule has 2 N–H and O–H groups in total. The minimum atomic E-state index is -4.25. The number of rotatable bonds is 3. The minimum Gasteiger partial charge on any atom is -0.330 e. The Morgan fingerprint density at radius 1 is 1.18 bits per heavy atom. The summed E-state index contributed by atoms with van der Waals surface area (Å²) in [6.45, 7) is 0.594. The monoisotopic (exact) mass is 259 g/mol. The van der Waals surface area contributed by atoms with Crippen molar-refractivity contribution < 1.29 is 13.2 Å². The van der Waals surface area contributed by atoms with E-state index >= 15 is 0 Å². The van der Waals surface area contributed by atoms with Crippen LogP contribution >= 0.6 is 11.3 Å². The van der Waals surface area contributed by atoms with Gasteiger partial charge < -0.3 is 5.73 Å². The maximum Gasteiger partial charge on any atom is 0.425 e. The van der Waals surface area contributed by atoms with Crippen molar-refractivity contribution in [1.29, 1.82) is 0 Å². The van der Waals surface area contributed by atoms with Crippen LogP contribution in [0.1, 0.15) is 16.9 Å². The van der Waals surface area contributed by atoms with Gasteiger partial charge in [-0.15, -0.1) is 11.3 Å². The van der Waals surface area contributed by atoms with E-state index in [4.69, 9.17) is 5.73 Å². The molecule has 2 rings (SSSR count). The number of aryl methyl sites for hydroxylation is 1. The van der Waals surface area contributed by atoms with Crippen LogP contribution in [-0.4, -0.2) is 6.54 Å². The van der Waals surface area contributed by atoms with Crippen molar-refractivity contribution in [1.82, 2.24) is 0 Å². The maximum absolute atomic E-state index is 12.5. The van der Waals surface area contributed by atoms with Crippen LogP contribution in [0.15, 0.2) is 24.3 Å². The molecule has 0 unspecified atom stereocenters. The molecule has 0 fully saturated rings.